The Hall–Kier alpha value is -2.01. The van der Waals surface area contributed by atoms with Gasteiger partial charge in [-0.05, 0) is 67.7 Å². The van der Waals surface area contributed by atoms with Crippen molar-refractivity contribution in [3.63, 3.8) is 0 Å². The molecule has 0 aliphatic heterocycles. The smallest absolute Gasteiger partial charge is 0.201 e. The second-order valence-electron chi connectivity index (χ2n) is 7.95. The number of ether oxygens (including phenoxy) is 2. The van der Waals surface area contributed by atoms with Crippen molar-refractivity contribution in [1.82, 2.24) is 0 Å². The molecule has 0 spiro atoms. The third-order valence-corrected chi connectivity index (χ3v) is 6.15. The van der Waals surface area contributed by atoms with Crippen LogP contribution in [0.5, 0.6) is 5.75 Å². The lowest BCUT2D eigenvalue weighted by Crippen LogP contribution is -2.22. The first-order valence-electron chi connectivity index (χ1n) is 10.7. The molecule has 0 atom stereocenters. The van der Waals surface area contributed by atoms with Crippen molar-refractivity contribution in [2.75, 3.05) is 13.2 Å². The van der Waals surface area contributed by atoms with Gasteiger partial charge in [0.1, 0.15) is 5.82 Å². The van der Waals surface area contributed by atoms with Gasteiger partial charge in [0, 0.05) is 17.7 Å². The van der Waals surface area contributed by atoms with Gasteiger partial charge < -0.3 is 9.47 Å². The molecule has 2 nitrogen and oxygen atoms in total. The first kappa shape index (κ1) is 20.3. The van der Waals surface area contributed by atoms with E-state index < -0.39 is 17.5 Å². The quantitative estimate of drug-likeness (QED) is 0.395. The Morgan fingerprint density at radius 1 is 0.897 bits per heavy atom. The molecule has 0 N–H and O–H groups in total. The molecule has 1 saturated carbocycles. The van der Waals surface area contributed by atoms with E-state index >= 15 is 4.39 Å². The molecule has 0 amide bonds. The van der Waals surface area contributed by atoms with Crippen molar-refractivity contribution >= 4 is 0 Å². The first-order chi connectivity index (χ1) is 14.1. The van der Waals surface area contributed by atoms with Crippen LogP contribution in [0.2, 0.25) is 0 Å². The van der Waals surface area contributed by atoms with Crippen LogP contribution in [-0.2, 0) is 4.74 Å². The highest BCUT2D eigenvalue weighted by molar-refractivity contribution is 6.03. The van der Waals surface area contributed by atoms with Crippen molar-refractivity contribution in [2.24, 2.45) is 0 Å². The van der Waals surface area contributed by atoms with E-state index in [0.29, 0.717) is 16.7 Å². The summed E-state index contributed by atoms with van der Waals surface area (Å²) in [4.78, 5) is 0. The Balaban J connectivity index is 1.55. The predicted molar refractivity (Wildman–Crippen MR) is 108 cm³/mol. The van der Waals surface area contributed by atoms with Crippen LogP contribution in [0.4, 0.5) is 13.2 Å². The number of hydrogen-bond acceptors (Lipinski definition) is 2. The van der Waals surface area contributed by atoms with E-state index in [2.05, 4.69) is 6.92 Å². The highest BCUT2D eigenvalue weighted by atomic mass is 19.2. The molecule has 0 unspecified atom stereocenters. The maximum absolute atomic E-state index is 15.3. The summed E-state index contributed by atoms with van der Waals surface area (Å²) in [5.74, 6) is -2.52. The third-order valence-electron chi connectivity index (χ3n) is 6.15. The average molecular weight is 404 g/mol. The Bertz CT molecular complexity index is 902. The van der Waals surface area contributed by atoms with Crippen molar-refractivity contribution in [3.05, 3.63) is 41.2 Å². The summed E-state index contributed by atoms with van der Waals surface area (Å²) in [7, 11) is 0. The summed E-state index contributed by atoms with van der Waals surface area (Å²) < 4.78 is 55.3. The molecule has 0 heterocycles. The van der Waals surface area contributed by atoms with Gasteiger partial charge in [0.05, 0.1) is 12.7 Å². The van der Waals surface area contributed by atoms with Gasteiger partial charge in [-0.15, -0.1) is 0 Å². The lowest BCUT2D eigenvalue weighted by atomic mass is 9.75. The second kappa shape index (κ2) is 8.39. The highest BCUT2D eigenvalue weighted by Gasteiger charge is 2.36. The maximum atomic E-state index is 15.3. The molecule has 4 rings (SSSR count). The van der Waals surface area contributed by atoms with Gasteiger partial charge in [0.25, 0.3) is 0 Å². The van der Waals surface area contributed by atoms with Crippen LogP contribution < -0.4 is 4.74 Å². The highest BCUT2D eigenvalue weighted by Crippen LogP contribution is 2.53. The summed E-state index contributed by atoms with van der Waals surface area (Å²) in [5, 5.41) is 0. The van der Waals surface area contributed by atoms with Gasteiger partial charge in [0.15, 0.2) is 11.6 Å². The molecule has 5 heteroatoms. The van der Waals surface area contributed by atoms with Crippen LogP contribution in [0.25, 0.3) is 22.3 Å². The van der Waals surface area contributed by atoms with Crippen molar-refractivity contribution in [3.8, 4) is 28.0 Å². The number of rotatable bonds is 7. The standard InChI is InChI=1S/C24H27F3O2/c1-3-5-12-29-15-8-6-14(7-9-15)16-10-11-17-18-13-19(28-4-2)23(26)24(27)21(18)20(17)22(16)25/h10-11,13-15H,3-9,12H2,1-2H3. The van der Waals surface area contributed by atoms with Crippen molar-refractivity contribution in [2.45, 2.75) is 64.4 Å². The molecule has 2 aromatic rings. The van der Waals surface area contributed by atoms with Gasteiger partial charge in [-0.2, -0.15) is 4.39 Å². The lowest BCUT2D eigenvalue weighted by Gasteiger charge is -2.32. The minimum Gasteiger partial charge on any atom is -0.491 e. The molecule has 0 bridgehead atoms. The van der Waals surface area contributed by atoms with Gasteiger partial charge in [-0.3, -0.25) is 0 Å². The van der Waals surface area contributed by atoms with E-state index in [0.717, 1.165) is 45.1 Å². The number of fused-ring (bicyclic) bond motifs is 4. The number of benzene rings is 2. The van der Waals surface area contributed by atoms with Crippen LogP contribution in [0.15, 0.2) is 18.2 Å². The topological polar surface area (TPSA) is 18.5 Å². The second-order valence-corrected chi connectivity index (χ2v) is 7.95. The molecule has 156 valence electrons. The zero-order valence-electron chi connectivity index (χ0n) is 17.0. The monoisotopic (exact) mass is 404 g/mol. The summed E-state index contributed by atoms with van der Waals surface area (Å²) >= 11 is 0. The zero-order chi connectivity index (χ0) is 20.5. The summed E-state index contributed by atoms with van der Waals surface area (Å²) in [6.45, 7) is 4.86. The largest absolute Gasteiger partial charge is 0.491 e. The predicted octanol–water partition coefficient (Wildman–Crippen LogP) is 6.99. The SMILES string of the molecule is CCCCOC1CCC(c2ccc3c(c2F)-c2c-3cc(OCC)c(F)c2F)CC1. The third kappa shape index (κ3) is 3.54. The van der Waals surface area contributed by atoms with Crippen LogP contribution >= 0.6 is 0 Å². The molecule has 0 aromatic heterocycles. The summed E-state index contributed by atoms with van der Waals surface area (Å²) in [6, 6.07) is 5.10. The van der Waals surface area contributed by atoms with Crippen LogP contribution in [0.1, 0.15) is 63.9 Å². The fraction of sp³-hybridized carbons (Fsp3) is 0.500. The van der Waals surface area contributed by atoms with Gasteiger partial charge in [-0.1, -0.05) is 25.5 Å². The molecular formula is C24H27F3O2. The zero-order valence-corrected chi connectivity index (χ0v) is 17.0. The molecule has 1 fully saturated rings. The van der Waals surface area contributed by atoms with Gasteiger partial charge in [0.2, 0.25) is 5.82 Å². The molecule has 2 aliphatic rings. The van der Waals surface area contributed by atoms with E-state index in [1.54, 1.807) is 6.92 Å². The van der Waals surface area contributed by atoms with Crippen LogP contribution in [0, 0.1) is 17.5 Å². The summed E-state index contributed by atoms with van der Waals surface area (Å²) in [5.41, 5.74) is 1.99. The number of halogens is 3. The number of hydrogen-bond donors (Lipinski definition) is 0. The average Bonchev–Trinajstić information content (AvgIpc) is 2.71. The molecule has 2 aromatic carbocycles. The van der Waals surface area contributed by atoms with Crippen molar-refractivity contribution < 1.29 is 22.6 Å². The van der Waals surface area contributed by atoms with Crippen LogP contribution in [-0.4, -0.2) is 19.3 Å². The van der Waals surface area contributed by atoms with Crippen LogP contribution in [0.3, 0.4) is 0 Å². The maximum Gasteiger partial charge on any atom is 0.201 e. The minimum atomic E-state index is -1.05. The van der Waals surface area contributed by atoms with E-state index in [-0.39, 0.29) is 35.5 Å². The van der Waals surface area contributed by atoms with Gasteiger partial charge >= 0.3 is 0 Å². The van der Waals surface area contributed by atoms with E-state index in [1.165, 1.54) is 6.07 Å². The number of unbranched alkanes of at least 4 members (excludes halogenated alkanes) is 1. The molecular weight excluding hydrogens is 377 g/mol. The fourth-order valence-corrected chi connectivity index (χ4v) is 4.57. The fourth-order valence-electron chi connectivity index (χ4n) is 4.57. The van der Waals surface area contributed by atoms with E-state index in [4.69, 9.17) is 9.47 Å². The van der Waals surface area contributed by atoms with Crippen molar-refractivity contribution in [1.29, 1.82) is 0 Å². The van der Waals surface area contributed by atoms with E-state index in [9.17, 15) is 8.78 Å². The Morgan fingerprint density at radius 3 is 2.31 bits per heavy atom. The molecule has 0 radical (unpaired) electrons. The molecule has 29 heavy (non-hydrogen) atoms. The minimum absolute atomic E-state index is 0.0388. The Morgan fingerprint density at radius 2 is 1.62 bits per heavy atom. The van der Waals surface area contributed by atoms with Gasteiger partial charge in [-0.25, -0.2) is 8.78 Å². The Labute approximate surface area is 170 Å². The first-order valence-corrected chi connectivity index (χ1v) is 10.7. The van der Waals surface area contributed by atoms with E-state index in [1.807, 2.05) is 12.1 Å². The normalized spacial score (nSPS) is 20.0. The molecule has 0 saturated heterocycles. The lowest BCUT2D eigenvalue weighted by molar-refractivity contribution is 0.0230. The Kier molecular flexibility index (Phi) is 5.86. The molecule has 2 aliphatic carbocycles. The summed E-state index contributed by atoms with van der Waals surface area (Å²) in [6.07, 6.45) is 5.92.